The standard InChI is InChI=1S/C29H31N3O6/c1-35-21-7-8-24-22(15-21)23(29(34)31-20(9-11-33)12-18-6-5-10-30-17-18)16-25(32-24)19-13-26(36-2)28(38-4)27(14-19)37-3/h5-8,10,13-17,20,33H,9,11-12H2,1-4H3,(H,31,34)/t20-/m0/s1. The van der Waals surface area contributed by atoms with E-state index in [1.54, 1.807) is 71.2 Å². The predicted molar refractivity (Wildman–Crippen MR) is 144 cm³/mol. The maximum atomic E-state index is 13.7. The highest BCUT2D eigenvalue weighted by Gasteiger charge is 2.21. The third-order valence-electron chi connectivity index (χ3n) is 6.24. The van der Waals surface area contributed by atoms with Crippen molar-refractivity contribution in [2.45, 2.75) is 18.9 Å². The molecular weight excluding hydrogens is 486 g/mol. The van der Waals surface area contributed by atoms with Crippen molar-refractivity contribution < 1.29 is 28.8 Å². The number of aromatic nitrogens is 2. The molecule has 0 fully saturated rings. The summed E-state index contributed by atoms with van der Waals surface area (Å²) in [5.74, 6) is 1.73. The average Bonchev–Trinajstić information content (AvgIpc) is 2.95. The number of carbonyl (C=O) groups is 1. The highest BCUT2D eigenvalue weighted by Crippen LogP contribution is 2.41. The molecule has 1 amide bonds. The predicted octanol–water partition coefficient (Wildman–Crippen LogP) is 4.05. The molecule has 1 atom stereocenters. The summed E-state index contributed by atoms with van der Waals surface area (Å²) in [4.78, 5) is 22.7. The molecule has 0 aliphatic heterocycles. The van der Waals surface area contributed by atoms with E-state index in [0.29, 0.717) is 63.6 Å². The number of rotatable bonds is 11. The Labute approximate surface area is 221 Å². The number of nitrogens with one attached hydrogen (secondary N) is 1. The summed E-state index contributed by atoms with van der Waals surface area (Å²) in [5, 5.41) is 13.4. The highest BCUT2D eigenvalue weighted by molar-refractivity contribution is 6.07. The number of hydrogen-bond donors (Lipinski definition) is 2. The van der Waals surface area contributed by atoms with Crippen LogP contribution in [-0.4, -0.2) is 62.1 Å². The van der Waals surface area contributed by atoms with Gasteiger partial charge in [0.05, 0.1) is 45.2 Å². The fraction of sp³-hybridized carbons (Fsp3) is 0.276. The molecule has 9 heteroatoms. The maximum absolute atomic E-state index is 13.7. The van der Waals surface area contributed by atoms with Crippen LogP contribution in [0.25, 0.3) is 22.2 Å². The first-order chi connectivity index (χ1) is 18.5. The summed E-state index contributed by atoms with van der Waals surface area (Å²) >= 11 is 0. The number of carbonyl (C=O) groups excluding carboxylic acids is 1. The van der Waals surface area contributed by atoms with Crippen molar-refractivity contribution in [3.05, 3.63) is 72.1 Å². The molecule has 2 aromatic carbocycles. The Morgan fingerprint density at radius 2 is 1.74 bits per heavy atom. The van der Waals surface area contributed by atoms with Gasteiger partial charge in [0.2, 0.25) is 5.75 Å². The number of methoxy groups -OCH3 is 4. The van der Waals surface area contributed by atoms with Crippen molar-refractivity contribution in [2.75, 3.05) is 35.0 Å². The fourth-order valence-electron chi connectivity index (χ4n) is 4.34. The number of aliphatic hydroxyl groups is 1. The molecule has 2 aromatic heterocycles. The molecule has 0 bridgehead atoms. The van der Waals surface area contributed by atoms with Gasteiger partial charge in [0.1, 0.15) is 5.75 Å². The molecule has 198 valence electrons. The molecule has 4 rings (SSSR count). The lowest BCUT2D eigenvalue weighted by molar-refractivity contribution is 0.0932. The average molecular weight is 518 g/mol. The number of aliphatic hydroxyl groups excluding tert-OH is 1. The summed E-state index contributed by atoms with van der Waals surface area (Å²) in [7, 11) is 6.20. The smallest absolute Gasteiger partial charge is 0.252 e. The Bertz CT molecular complexity index is 1390. The van der Waals surface area contributed by atoms with Crippen LogP contribution in [0.3, 0.4) is 0 Å². The zero-order chi connectivity index (χ0) is 27.1. The lowest BCUT2D eigenvalue weighted by Gasteiger charge is -2.19. The minimum atomic E-state index is -0.296. The summed E-state index contributed by atoms with van der Waals surface area (Å²) in [5.41, 5.74) is 3.25. The number of nitrogens with zero attached hydrogens (tertiary/aromatic N) is 2. The largest absolute Gasteiger partial charge is 0.497 e. The van der Waals surface area contributed by atoms with E-state index in [-0.39, 0.29) is 18.6 Å². The van der Waals surface area contributed by atoms with E-state index >= 15 is 0 Å². The third kappa shape index (κ3) is 5.78. The topological polar surface area (TPSA) is 112 Å². The van der Waals surface area contributed by atoms with Gasteiger partial charge in [0.15, 0.2) is 11.5 Å². The molecule has 0 saturated heterocycles. The normalized spacial score (nSPS) is 11.6. The first-order valence-corrected chi connectivity index (χ1v) is 12.1. The van der Waals surface area contributed by atoms with Gasteiger partial charge in [-0.3, -0.25) is 9.78 Å². The molecule has 0 unspecified atom stereocenters. The van der Waals surface area contributed by atoms with Crippen LogP contribution in [0.2, 0.25) is 0 Å². The second-order valence-corrected chi connectivity index (χ2v) is 8.60. The van der Waals surface area contributed by atoms with Gasteiger partial charge in [-0.15, -0.1) is 0 Å². The molecule has 2 N–H and O–H groups in total. The number of benzene rings is 2. The Morgan fingerprint density at radius 3 is 2.34 bits per heavy atom. The van der Waals surface area contributed by atoms with Gasteiger partial charge in [0.25, 0.3) is 5.91 Å². The van der Waals surface area contributed by atoms with E-state index in [1.165, 1.54) is 0 Å². The highest BCUT2D eigenvalue weighted by atomic mass is 16.5. The van der Waals surface area contributed by atoms with E-state index in [2.05, 4.69) is 10.3 Å². The lowest BCUT2D eigenvalue weighted by atomic mass is 10.0. The molecule has 2 heterocycles. The molecule has 0 aliphatic carbocycles. The van der Waals surface area contributed by atoms with E-state index < -0.39 is 0 Å². The van der Waals surface area contributed by atoms with Crippen LogP contribution in [0, 0.1) is 0 Å². The number of amides is 1. The molecule has 4 aromatic rings. The zero-order valence-corrected chi connectivity index (χ0v) is 21.9. The van der Waals surface area contributed by atoms with Gasteiger partial charge in [-0.2, -0.15) is 0 Å². The molecule has 0 spiro atoms. The van der Waals surface area contributed by atoms with E-state index in [0.717, 1.165) is 5.56 Å². The van der Waals surface area contributed by atoms with Gasteiger partial charge in [-0.1, -0.05) is 6.07 Å². The van der Waals surface area contributed by atoms with Crippen molar-refractivity contribution in [2.24, 2.45) is 0 Å². The van der Waals surface area contributed by atoms with Crippen molar-refractivity contribution in [1.29, 1.82) is 0 Å². The molecule has 0 radical (unpaired) electrons. The van der Waals surface area contributed by atoms with Crippen LogP contribution in [0.5, 0.6) is 23.0 Å². The Kier molecular flexibility index (Phi) is 8.60. The van der Waals surface area contributed by atoms with Crippen LogP contribution in [-0.2, 0) is 6.42 Å². The molecule has 9 nitrogen and oxygen atoms in total. The van der Waals surface area contributed by atoms with Crippen LogP contribution in [0.1, 0.15) is 22.3 Å². The monoisotopic (exact) mass is 517 g/mol. The van der Waals surface area contributed by atoms with Gasteiger partial charge in [-0.25, -0.2) is 4.98 Å². The van der Waals surface area contributed by atoms with Gasteiger partial charge >= 0.3 is 0 Å². The van der Waals surface area contributed by atoms with Gasteiger partial charge in [-0.05, 0) is 60.9 Å². The molecule has 38 heavy (non-hydrogen) atoms. The quantitative estimate of drug-likeness (QED) is 0.306. The minimum Gasteiger partial charge on any atom is -0.497 e. The van der Waals surface area contributed by atoms with E-state index in [4.69, 9.17) is 23.9 Å². The van der Waals surface area contributed by atoms with Crippen molar-refractivity contribution >= 4 is 16.8 Å². The molecular formula is C29H31N3O6. The SMILES string of the molecule is COc1ccc2nc(-c3cc(OC)c(OC)c(OC)c3)cc(C(=O)N[C@@H](CCO)Cc3cccnc3)c2c1. The lowest BCUT2D eigenvalue weighted by Crippen LogP contribution is -2.37. The second-order valence-electron chi connectivity index (χ2n) is 8.60. The Morgan fingerprint density at radius 1 is 0.974 bits per heavy atom. The van der Waals surface area contributed by atoms with E-state index in [1.807, 2.05) is 18.2 Å². The summed E-state index contributed by atoms with van der Waals surface area (Å²) in [6.45, 7) is -0.0627. The summed E-state index contributed by atoms with van der Waals surface area (Å²) in [6, 6.07) is 14.2. The van der Waals surface area contributed by atoms with Gasteiger partial charge in [0, 0.05) is 36.0 Å². The van der Waals surface area contributed by atoms with Gasteiger partial charge < -0.3 is 29.4 Å². The number of pyridine rings is 2. The van der Waals surface area contributed by atoms with Crippen LogP contribution < -0.4 is 24.3 Å². The second kappa shape index (κ2) is 12.2. The molecule has 0 saturated carbocycles. The van der Waals surface area contributed by atoms with E-state index in [9.17, 15) is 9.90 Å². The Balaban J connectivity index is 1.80. The fourth-order valence-corrected chi connectivity index (χ4v) is 4.34. The summed E-state index contributed by atoms with van der Waals surface area (Å²) in [6.07, 6.45) is 4.38. The van der Waals surface area contributed by atoms with Crippen LogP contribution in [0.4, 0.5) is 0 Å². The molecule has 0 aliphatic rings. The van der Waals surface area contributed by atoms with Crippen molar-refractivity contribution in [3.8, 4) is 34.3 Å². The minimum absolute atomic E-state index is 0.0627. The maximum Gasteiger partial charge on any atom is 0.252 e. The Hall–Kier alpha value is -4.37. The van der Waals surface area contributed by atoms with Crippen LogP contribution in [0.15, 0.2) is 60.9 Å². The zero-order valence-electron chi connectivity index (χ0n) is 21.9. The number of ether oxygens (including phenoxy) is 4. The van der Waals surface area contributed by atoms with Crippen LogP contribution >= 0.6 is 0 Å². The number of hydrogen-bond acceptors (Lipinski definition) is 8. The third-order valence-corrected chi connectivity index (χ3v) is 6.24. The first kappa shape index (κ1) is 26.7. The van der Waals surface area contributed by atoms with Crippen molar-refractivity contribution in [3.63, 3.8) is 0 Å². The van der Waals surface area contributed by atoms with Crippen molar-refractivity contribution in [1.82, 2.24) is 15.3 Å². The first-order valence-electron chi connectivity index (χ1n) is 12.1. The number of fused-ring (bicyclic) bond motifs is 1. The summed E-state index contributed by atoms with van der Waals surface area (Å²) < 4.78 is 21.9.